The number of carbonyl (C=O) groups is 1. The molecule has 0 spiro atoms. The number of rotatable bonds is 3. The highest BCUT2D eigenvalue weighted by molar-refractivity contribution is 5.74. The quantitative estimate of drug-likeness (QED) is 0.837. The minimum atomic E-state index is -1.27. The molecule has 2 N–H and O–H groups in total. The van der Waals surface area contributed by atoms with Crippen molar-refractivity contribution in [3.8, 4) is 5.75 Å². The van der Waals surface area contributed by atoms with Crippen LogP contribution >= 0.6 is 0 Å². The standard InChI is InChI=1S/C11H12F2O3/c1-11(2,10(15)16)5-6-7(12)3-4-8(13)9(6)14/h3-4,14H,5H2,1-2H3,(H,15,16). The molecule has 0 saturated heterocycles. The summed E-state index contributed by atoms with van der Waals surface area (Å²) in [5, 5.41) is 18.2. The molecule has 1 rings (SSSR count). The Hall–Kier alpha value is -1.65. The van der Waals surface area contributed by atoms with Crippen LogP contribution in [0, 0.1) is 17.0 Å². The van der Waals surface area contributed by atoms with Crippen LogP contribution in [-0.4, -0.2) is 16.2 Å². The van der Waals surface area contributed by atoms with E-state index in [2.05, 4.69) is 0 Å². The topological polar surface area (TPSA) is 57.5 Å². The molecule has 88 valence electrons. The summed E-state index contributed by atoms with van der Waals surface area (Å²) in [7, 11) is 0. The molecule has 0 bridgehead atoms. The summed E-state index contributed by atoms with van der Waals surface area (Å²) in [6.07, 6.45) is -0.280. The first-order valence-electron chi connectivity index (χ1n) is 4.65. The molecular weight excluding hydrogens is 218 g/mol. The van der Waals surface area contributed by atoms with Gasteiger partial charge in [0.15, 0.2) is 11.6 Å². The van der Waals surface area contributed by atoms with Crippen molar-refractivity contribution >= 4 is 5.97 Å². The van der Waals surface area contributed by atoms with Crippen LogP contribution in [0.5, 0.6) is 5.75 Å². The average molecular weight is 230 g/mol. The van der Waals surface area contributed by atoms with Gasteiger partial charge >= 0.3 is 5.97 Å². The monoisotopic (exact) mass is 230 g/mol. The van der Waals surface area contributed by atoms with Crippen LogP contribution in [0.2, 0.25) is 0 Å². The predicted octanol–water partition coefficient (Wildman–Crippen LogP) is 2.32. The molecule has 0 aliphatic carbocycles. The highest BCUT2D eigenvalue weighted by atomic mass is 19.1. The molecule has 0 atom stereocenters. The second-order valence-electron chi connectivity index (χ2n) is 4.22. The number of phenolic OH excluding ortho intramolecular Hbond substituents is 1. The van der Waals surface area contributed by atoms with E-state index in [9.17, 15) is 18.7 Å². The average Bonchev–Trinajstić information content (AvgIpc) is 2.18. The van der Waals surface area contributed by atoms with Crippen LogP contribution < -0.4 is 0 Å². The summed E-state index contributed by atoms with van der Waals surface area (Å²) < 4.78 is 26.3. The number of carboxylic acid groups (broad SMARTS) is 1. The van der Waals surface area contributed by atoms with E-state index in [0.717, 1.165) is 12.1 Å². The lowest BCUT2D eigenvalue weighted by Gasteiger charge is -2.20. The molecule has 1 aromatic carbocycles. The molecule has 0 radical (unpaired) electrons. The molecule has 1 aromatic rings. The van der Waals surface area contributed by atoms with Crippen LogP contribution in [0.3, 0.4) is 0 Å². The van der Waals surface area contributed by atoms with Gasteiger partial charge in [0.2, 0.25) is 0 Å². The van der Waals surface area contributed by atoms with Crippen LogP contribution in [0.1, 0.15) is 19.4 Å². The van der Waals surface area contributed by atoms with Gasteiger partial charge in [-0.2, -0.15) is 0 Å². The summed E-state index contributed by atoms with van der Waals surface area (Å²) in [6.45, 7) is 2.75. The van der Waals surface area contributed by atoms with Crippen molar-refractivity contribution in [3.63, 3.8) is 0 Å². The fraction of sp³-hybridized carbons (Fsp3) is 0.364. The minimum absolute atomic E-state index is 0.280. The van der Waals surface area contributed by atoms with E-state index in [1.165, 1.54) is 13.8 Å². The smallest absolute Gasteiger partial charge is 0.309 e. The molecule has 0 unspecified atom stereocenters. The number of aromatic hydroxyl groups is 1. The highest BCUT2D eigenvalue weighted by Gasteiger charge is 2.30. The first-order valence-corrected chi connectivity index (χ1v) is 4.65. The van der Waals surface area contributed by atoms with E-state index in [4.69, 9.17) is 5.11 Å². The largest absolute Gasteiger partial charge is 0.505 e. The van der Waals surface area contributed by atoms with E-state index >= 15 is 0 Å². The maximum absolute atomic E-state index is 13.3. The van der Waals surface area contributed by atoms with Gasteiger partial charge in [0.25, 0.3) is 0 Å². The van der Waals surface area contributed by atoms with Crippen molar-refractivity contribution in [2.24, 2.45) is 5.41 Å². The fourth-order valence-electron chi connectivity index (χ4n) is 1.27. The zero-order chi connectivity index (χ0) is 12.5. The van der Waals surface area contributed by atoms with Crippen LogP contribution in [0.25, 0.3) is 0 Å². The van der Waals surface area contributed by atoms with E-state index in [1.807, 2.05) is 0 Å². The highest BCUT2D eigenvalue weighted by Crippen LogP contribution is 2.31. The Balaban J connectivity index is 3.15. The summed E-state index contributed by atoms with van der Waals surface area (Å²) in [4.78, 5) is 10.8. The number of hydrogen-bond donors (Lipinski definition) is 2. The zero-order valence-electron chi connectivity index (χ0n) is 8.92. The van der Waals surface area contributed by atoms with Crippen LogP contribution in [0.4, 0.5) is 8.78 Å². The first-order chi connectivity index (χ1) is 7.25. The SMILES string of the molecule is CC(C)(Cc1c(F)ccc(F)c1O)C(=O)O. The third-order valence-electron chi connectivity index (χ3n) is 2.37. The van der Waals surface area contributed by atoms with Crippen molar-refractivity contribution < 1.29 is 23.8 Å². The van der Waals surface area contributed by atoms with Crippen molar-refractivity contribution in [2.75, 3.05) is 0 Å². The zero-order valence-corrected chi connectivity index (χ0v) is 8.92. The molecule has 0 aromatic heterocycles. The lowest BCUT2D eigenvalue weighted by Crippen LogP contribution is -2.26. The molecule has 0 saturated carbocycles. The molecule has 0 aliphatic heterocycles. The van der Waals surface area contributed by atoms with E-state index in [1.54, 1.807) is 0 Å². The number of halogens is 2. The van der Waals surface area contributed by atoms with Gasteiger partial charge in [-0.1, -0.05) is 0 Å². The number of benzene rings is 1. The number of phenols is 1. The van der Waals surface area contributed by atoms with E-state index in [-0.39, 0.29) is 12.0 Å². The van der Waals surface area contributed by atoms with Gasteiger partial charge in [0.1, 0.15) is 5.82 Å². The normalized spacial score (nSPS) is 11.5. The Kier molecular flexibility index (Phi) is 3.16. The predicted molar refractivity (Wildman–Crippen MR) is 53.1 cm³/mol. The molecule has 16 heavy (non-hydrogen) atoms. The summed E-state index contributed by atoms with van der Waals surface area (Å²) in [5.74, 6) is -3.74. The van der Waals surface area contributed by atoms with Gasteiger partial charge in [-0.15, -0.1) is 0 Å². The maximum Gasteiger partial charge on any atom is 0.309 e. The fourth-order valence-corrected chi connectivity index (χ4v) is 1.27. The van der Waals surface area contributed by atoms with Crippen molar-refractivity contribution in [2.45, 2.75) is 20.3 Å². The number of carboxylic acids is 1. The third kappa shape index (κ3) is 2.29. The van der Waals surface area contributed by atoms with Crippen LogP contribution in [-0.2, 0) is 11.2 Å². The van der Waals surface area contributed by atoms with Gasteiger partial charge in [0.05, 0.1) is 5.41 Å². The Morgan fingerprint density at radius 1 is 1.31 bits per heavy atom. The van der Waals surface area contributed by atoms with E-state index in [0.29, 0.717) is 0 Å². The van der Waals surface area contributed by atoms with Gasteiger partial charge in [0, 0.05) is 5.56 Å². The Labute approximate surface area is 91.3 Å². The van der Waals surface area contributed by atoms with Gasteiger partial charge < -0.3 is 10.2 Å². The summed E-state index contributed by atoms with van der Waals surface area (Å²) >= 11 is 0. The molecule has 0 heterocycles. The van der Waals surface area contributed by atoms with Gasteiger partial charge in [-0.25, -0.2) is 8.78 Å². The Morgan fingerprint density at radius 3 is 2.31 bits per heavy atom. The molecule has 5 heteroatoms. The molecule has 0 fully saturated rings. The van der Waals surface area contributed by atoms with Crippen molar-refractivity contribution in [1.82, 2.24) is 0 Å². The second-order valence-corrected chi connectivity index (χ2v) is 4.22. The van der Waals surface area contributed by atoms with E-state index < -0.39 is 28.8 Å². The first kappa shape index (κ1) is 12.4. The molecule has 3 nitrogen and oxygen atoms in total. The third-order valence-corrected chi connectivity index (χ3v) is 2.37. The Bertz CT molecular complexity index is 427. The second kappa shape index (κ2) is 4.08. The molecule has 0 amide bonds. The lowest BCUT2D eigenvalue weighted by molar-refractivity contribution is -0.146. The summed E-state index contributed by atoms with van der Waals surface area (Å²) in [6, 6.07) is 1.66. The minimum Gasteiger partial charge on any atom is -0.505 e. The summed E-state index contributed by atoms with van der Waals surface area (Å²) in [5.41, 5.74) is -1.58. The van der Waals surface area contributed by atoms with Crippen LogP contribution in [0.15, 0.2) is 12.1 Å². The Morgan fingerprint density at radius 2 is 1.81 bits per heavy atom. The maximum atomic E-state index is 13.3. The van der Waals surface area contributed by atoms with Crippen molar-refractivity contribution in [1.29, 1.82) is 0 Å². The van der Waals surface area contributed by atoms with Crippen molar-refractivity contribution in [3.05, 3.63) is 29.3 Å². The van der Waals surface area contributed by atoms with Gasteiger partial charge in [-0.3, -0.25) is 4.79 Å². The number of hydrogen-bond acceptors (Lipinski definition) is 2. The van der Waals surface area contributed by atoms with Gasteiger partial charge in [-0.05, 0) is 32.4 Å². The molecule has 0 aliphatic rings. The lowest BCUT2D eigenvalue weighted by atomic mass is 9.85. The number of aliphatic carboxylic acids is 1. The molecular formula is C11H12F2O3.